The van der Waals surface area contributed by atoms with Crippen molar-refractivity contribution in [2.75, 3.05) is 0 Å². The van der Waals surface area contributed by atoms with Gasteiger partial charge in [-0.2, -0.15) is 0 Å². The molecule has 0 aliphatic heterocycles. The van der Waals surface area contributed by atoms with E-state index in [1.54, 1.807) is 12.1 Å². The summed E-state index contributed by atoms with van der Waals surface area (Å²) in [5.41, 5.74) is 1.06. The number of Topliss-reactive ketones (excluding diaryl/α,β-unsaturated/α-hetero) is 2. The van der Waals surface area contributed by atoms with Crippen molar-refractivity contribution >= 4 is 43.4 Å². The predicted molar refractivity (Wildman–Crippen MR) is 55.1 cm³/mol. The highest BCUT2D eigenvalue weighted by atomic mass is 79.9. The summed E-state index contributed by atoms with van der Waals surface area (Å²) in [7, 11) is 0. The van der Waals surface area contributed by atoms with Crippen LogP contribution in [0.25, 0.3) is 0 Å². The second kappa shape index (κ2) is 3.03. The van der Waals surface area contributed by atoms with E-state index in [2.05, 4.69) is 31.9 Å². The number of benzene rings is 1. The molecule has 1 aliphatic rings. The van der Waals surface area contributed by atoms with Crippen molar-refractivity contribution in [3.8, 4) is 0 Å². The van der Waals surface area contributed by atoms with Crippen LogP contribution in [0.15, 0.2) is 21.1 Å². The molecule has 0 N–H and O–H groups in total. The smallest absolute Gasteiger partial charge is 0.171 e. The van der Waals surface area contributed by atoms with E-state index in [0.717, 1.165) is 8.95 Å². The molecule has 0 atom stereocenters. The molecule has 1 aliphatic carbocycles. The summed E-state index contributed by atoms with van der Waals surface area (Å²) in [5, 5.41) is 0. The largest absolute Gasteiger partial charge is 0.294 e. The first-order valence-corrected chi connectivity index (χ1v) is 5.23. The zero-order valence-electron chi connectivity index (χ0n) is 6.43. The van der Waals surface area contributed by atoms with Gasteiger partial charge < -0.3 is 0 Å². The first kappa shape index (κ1) is 9.09. The third-order valence-corrected chi connectivity index (χ3v) is 3.83. The Bertz CT molecular complexity index is 385. The molecule has 0 heterocycles. The average molecular weight is 304 g/mol. The summed E-state index contributed by atoms with van der Waals surface area (Å²) >= 11 is 6.57. The molecular formula is C9H4Br2O2. The highest BCUT2D eigenvalue weighted by molar-refractivity contribution is 9.13. The summed E-state index contributed by atoms with van der Waals surface area (Å²) in [6, 6.07) is 3.37. The number of fused-ring (bicyclic) bond motifs is 1. The van der Waals surface area contributed by atoms with Gasteiger partial charge in [-0.25, -0.2) is 0 Å². The molecule has 0 spiro atoms. The Labute approximate surface area is 91.6 Å². The minimum absolute atomic E-state index is 0.0121. The number of ketones is 2. The van der Waals surface area contributed by atoms with Gasteiger partial charge in [-0.3, -0.25) is 9.59 Å². The summed E-state index contributed by atoms with van der Waals surface area (Å²) in [5.74, 6) is -0.179. The second-order valence-electron chi connectivity index (χ2n) is 2.84. The fourth-order valence-electron chi connectivity index (χ4n) is 1.34. The maximum absolute atomic E-state index is 11.3. The van der Waals surface area contributed by atoms with E-state index >= 15 is 0 Å². The van der Waals surface area contributed by atoms with Gasteiger partial charge in [-0.15, -0.1) is 0 Å². The van der Waals surface area contributed by atoms with Crippen LogP contribution in [0.3, 0.4) is 0 Å². The molecule has 66 valence electrons. The number of hydrogen-bond acceptors (Lipinski definition) is 2. The summed E-state index contributed by atoms with van der Waals surface area (Å²) in [4.78, 5) is 22.6. The molecule has 2 nitrogen and oxygen atoms in total. The van der Waals surface area contributed by atoms with Gasteiger partial charge in [-0.05, 0) is 44.0 Å². The Kier molecular flexibility index (Phi) is 2.12. The van der Waals surface area contributed by atoms with Gasteiger partial charge in [0, 0.05) is 20.1 Å². The molecule has 0 bridgehead atoms. The van der Waals surface area contributed by atoms with Crippen LogP contribution in [0.4, 0.5) is 0 Å². The van der Waals surface area contributed by atoms with Gasteiger partial charge in [0.25, 0.3) is 0 Å². The normalized spacial score (nSPS) is 14.9. The molecule has 0 saturated heterocycles. The lowest BCUT2D eigenvalue weighted by molar-refractivity contribution is 0.0923. The van der Waals surface area contributed by atoms with Crippen LogP contribution < -0.4 is 0 Å². The van der Waals surface area contributed by atoms with E-state index in [4.69, 9.17) is 0 Å². The molecule has 0 radical (unpaired) electrons. The highest BCUT2D eigenvalue weighted by Crippen LogP contribution is 2.31. The SMILES string of the molecule is O=C1CC(=O)c2cc(Br)c(Br)cc21. The number of hydrogen-bond donors (Lipinski definition) is 0. The number of carbonyl (C=O) groups is 2. The molecule has 0 saturated carbocycles. The van der Waals surface area contributed by atoms with E-state index < -0.39 is 0 Å². The lowest BCUT2D eigenvalue weighted by Gasteiger charge is -1.99. The van der Waals surface area contributed by atoms with Crippen LogP contribution >= 0.6 is 31.9 Å². The maximum atomic E-state index is 11.3. The molecule has 1 aromatic rings. The van der Waals surface area contributed by atoms with Gasteiger partial charge in [0.2, 0.25) is 0 Å². The number of rotatable bonds is 0. The maximum Gasteiger partial charge on any atom is 0.171 e. The van der Waals surface area contributed by atoms with Gasteiger partial charge >= 0.3 is 0 Å². The third kappa shape index (κ3) is 1.38. The van der Waals surface area contributed by atoms with Crippen molar-refractivity contribution in [3.63, 3.8) is 0 Å². The van der Waals surface area contributed by atoms with Crippen molar-refractivity contribution in [1.82, 2.24) is 0 Å². The predicted octanol–water partition coefficient (Wildman–Crippen LogP) is 2.98. The molecule has 0 aromatic heterocycles. The molecule has 13 heavy (non-hydrogen) atoms. The van der Waals surface area contributed by atoms with E-state index in [1.807, 2.05) is 0 Å². The molecule has 0 amide bonds. The van der Waals surface area contributed by atoms with E-state index in [-0.39, 0.29) is 18.0 Å². The fraction of sp³-hybridized carbons (Fsp3) is 0.111. The van der Waals surface area contributed by atoms with Gasteiger partial charge in [-0.1, -0.05) is 0 Å². The zero-order chi connectivity index (χ0) is 9.59. The van der Waals surface area contributed by atoms with Crippen LogP contribution in [-0.2, 0) is 0 Å². The monoisotopic (exact) mass is 302 g/mol. The molecule has 0 fully saturated rings. The summed E-state index contributed by atoms with van der Waals surface area (Å²) < 4.78 is 1.60. The van der Waals surface area contributed by atoms with Crippen LogP contribution in [0.1, 0.15) is 27.1 Å². The Balaban J connectivity index is 2.72. The Morgan fingerprint density at radius 3 is 1.69 bits per heavy atom. The van der Waals surface area contributed by atoms with E-state index in [9.17, 15) is 9.59 Å². The topological polar surface area (TPSA) is 34.1 Å². The Morgan fingerprint density at radius 1 is 0.923 bits per heavy atom. The zero-order valence-corrected chi connectivity index (χ0v) is 9.61. The van der Waals surface area contributed by atoms with Gasteiger partial charge in [0.05, 0.1) is 6.42 Å². The molecule has 2 rings (SSSR count). The molecule has 1 aromatic carbocycles. The summed E-state index contributed by atoms with van der Waals surface area (Å²) in [6.07, 6.45) is 0.0121. The first-order chi connectivity index (χ1) is 6.09. The first-order valence-electron chi connectivity index (χ1n) is 3.65. The lowest BCUT2D eigenvalue weighted by atomic mass is 10.1. The minimum Gasteiger partial charge on any atom is -0.294 e. The molecule has 0 unspecified atom stereocenters. The van der Waals surface area contributed by atoms with Crippen LogP contribution in [0.2, 0.25) is 0 Å². The minimum atomic E-state index is -0.0896. The van der Waals surface area contributed by atoms with E-state index in [1.165, 1.54) is 0 Å². The van der Waals surface area contributed by atoms with Crippen LogP contribution in [0, 0.1) is 0 Å². The van der Waals surface area contributed by atoms with Crippen LogP contribution in [0.5, 0.6) is 0 Å². The molecule has 4 heteroatoms. The van der Waals surface area contributed by atoms with Crippen molar-refractivity contribution in [2.24, 2.45) is 0 Å². The quantitative estimate of drug-likeness (QED) is 0.691. The van der Waals surface area contributed by atoms with Gasteiger partial charge in [0.1, 0.15) is 0 Å². The Hall–Kier alpha value is -0.480. The second-order valence-corrected chi connectivity index (χ2v) is 4.54. The third-order valence-electron chi connectivity index (χ3n) is 1.98. The standard InChI is InChI=1S/C9H4Br2O2/c10-6-1-4-5(2-7(6)11)9(13)3-8(4)12/h1-2H,3H2. The molecular weight excluding hydrogens is 300 g/mol. The van der Waals surface area contributed by atoms with Gasteiger partial charge in [0.15, 0.2) is 11.6 Å². The average Bonchev–Trinajstić information content (AvgIpc) is 2.31. The van der Waals surface area contributed by atoms with Crippen LogP contribution in [-0.4, -0.2) is 11.6 Å². The summed E-state index contributed by atoms with van der Waals surface area (Å²) in [6.45, 7) is 0. The fourth-order valence-corrected chi connectivity index (χ4v) is 2.03. The Morgan fingerprint density at radius 2 is 1.31 bits per heavy atom. The van der Waals surface area contributed by atoms with E-state index in [0.29, 0.717) is 11.1 Å². The lowest BCUT2D eigenvalue weighted by Crippen LogP contribution is -1.90. The van der Waals surface area contributed by atoms with Crippen molar-refractivity contribution in [2.45, 2.75) is 6.42 Å². The highest BCUT2D eigenvalue weighted by Gasteiger charge is 2.27. The van der Waals surface area contributed by atoms with Crippen molar-refractivity contribution in [3.05, 3.63) is 32.2 Å². The number of carbonyl (C=O) groups excluding carboxylic acids is 2. The van der Waals surface area contributed by atoms with Crippen molar-refractivity contribution < 1.29 is 9.59 Å². The number of halogens is 2. The van der Waals surface area contributed by atoms with Crippen molar-refractivity contribution in [1.29, 1.82) is 0 Å².